The highest BCUT2D eigenvalue weighted by Gasteiger charge is 2.25. The third kappa shape index (κ3) is 3.01. The number of benzene rings is 2. The Labute approximate surface area is 174 Å². The lowest BCUT2D eigenvalue weighted by molar-refractivity contribution is -0.384. The van der Waals surface area contributed by atoms with Crippen LogP contribution >= 0.6 is 11.3 Å². The minimum atomic E-state index is -0.569. The number of nitro groups is 1. The zero-order chi connectivity index (χ0) is 21.4. The van der Waals surface area contributed by atoms with Crippen molar-refractivity contribution >= 4 is 44.5 Å². The van der Waals surface area contributed by atoms with Gasteiger partial charge in [0.15, 0.2) is 0 Å². The minimum Gasteiger partial charge on any atom is -0.397 e. The molecule has 0 unspecified atom stereocenters. The molecule has 8 nitrogen and oxygen atoms in total. The Balaban J connectivity index is 1.98. The zero-order valence-corrected chi connectivity index (χ0v) is 16.1. The fraction of sp³-hybridized carbons (Fsp3) is 0. The number of carbonyl (C=O) groups is 1. The maximum Gasteiger partial charge on any atom is 0.270 e. The summed E-state index contributed by atoms with van der Waals surface area (Å²) < 4.78 is 0. The summed E-state index contributed by atoms with van der Waals surface area (Å²) in [5, 5.41) is 21.2. The molecule has 146 valence electrons. The van der Waals surface area contributed by atoms with Crippen LogP contribution in [-0.4, -0.2) is 15.7 Å². The normalized spacial score (nSPS) is 10.6. The van der Waals surface area contributed by atoms with Crippen molar-refractivity contribution in [3.63, 3.8) is 0 Å². The number of ketones is 1. The van der Waals surface area contributed by atoms with E-state index in [1.807, 2.05) is 30.3 Å². The van der Waals surface area contributed by atoms with E-state index >= 15 is 0 Å². The Kier molecular flexibility index (Phi) is 4.62. The summed E-state index contributed by atoms with van der Waals surface area (Å²) in [5.74, 6) is -0.422. The summed E-state index contributed by atoms with van der Waals surface area (Å²) >= 11 is 1.04. The van der Waals surface area contributed by atoms with Crippen molar-refractivity contribution in [1.82, 2.24) is 4.98 Å². The third-order valence-corrected chi connectivity index (χ3v) is 5.70. The molecule has 0 fully saturated rings. The molecule has 0 bridgehead atoms. The van der Waals surface area contributed by atoms with Crippen molar-refractivity contribution in [3.8, 4) is 17.2 Å². The molecule has 0 aliphatic rings. The van der Waals surface area contributed by atoms with Gasteiger partial charge in [-0.25, -0.2) is 4.98 Å². The molecule has 0 spiro atoms. The standard InChI is InChI=1S/C21H13N5O3S/c22-10-14-15(11-5-2-1-3-6-11)16-17(23)19(30-21(16)25-20(14)24)18(27)12-7-4-8-13(9-12)26(28)29/h1-9H,23H2,(H2,24,25). The van der Waals surface area contributed by atoms with Crippen molar-refractivity contribution < 1.29 is 9.72 Å². The Bertz CT molecular complexity index is 1370. The molecule has 4 rings (SSSR count). The molecular formula is C21H13N5O3S. The maximum absolute atomic E-state index is 13.1. The Hall–Kier alpha value is -4.29. The van der Waals surface area contributed by atoms with Gasteiger partial charge in [0.2, 0.25) is 5.78 Å². The van der Waals surface area contributed by atoms with Gasteiger partial charge in [-0.15, -0.1) is 11.3 Å². The second-order valence-corrected chi connectivity index (χ2v) is 7.39. The van der Waals surface area contributed by atoms with Gasteiger partial charge in [0.1, 0.15) is 27.2 Å². The second-order valence-electron chi connectivity index (χ2n) is 6.39. The summed E-state index contributed by atoms with van der Waals surface area (Å²) in [6.45, 7) is 0. The molecule has 0 atom stereocenters. The van der Waals surface area contributed by atoms with Crippen LogP contribution in [0.3, 0.4) is 0 Å². The first-order valence-corrected chi connectivity index (χ1v) is 9.50. The number of thiophene rings is 1. The number of anilines is 2. The molecule has 0 aliphatic heterocycles. The lowest BCUT2D eigenvalue weighted by Gasteiger charge is -2.09. The van der Waals surface area contributed by atoms with Gasteiger partial charge in [0.05, 0.1) is 10.6 Å². The quantitative estimate of drug-likeness (QED) is 0.289. The van der Waals surface area contributed by atoms with Crippen LogP contribution in [0.5, 0.6) is 0 Å². The zero-order valence-electron chi connectivity index (χ0n) is 15.3. The van der Waals surface area contributed by atoms with Gasteiger partial charge in [0, 0.05) is 28.6 Å². The minimum absolute atomic E-state index is 0.0412. The van der Waals surface area contributed by atoms with E-state index in [-0.39, 0.29) is 33.2 Å². The van der Waals surface area contributed by atoms with Crippen molar-refractivity contribution in [1.29, 1.82) is 5.26 Å². The first-order valence-electron chi connectivity index (χ1n) is 8.68. The van der Waals surface area contributed by atoms with Crippen LogP contribution in [0.15, 0.2) is 54.6 Å². The molecule has 0 aliphatic carbocycles. The van der Waals surface area contributed by atoms with Gasteiger partial charge < -0.3 is 11.5 Å². The topological polar surface area (TPSA) is 149 Å². The van der Waals surface area contributed by atoms with Crippen molar-refractivity contribution in [3.05, 3.63) is 80.7 Å². The first-order chi connectivity index (χ1) is 14.4. The number of pyridine rings is 1. The summed E-state index contributed by atoms with van der Waals surface area (Å²) in [4.78, 5) is 28.4. The third-order valence-electron chi connectivity index (χ3n) is 4.60. The summed E-state index contributed by atoms with van der Waals surface area (Å²) in [6, 6.07) is 16.6. The van der Waals surface area contributed by atoms with Crippen LogP contribution in [-0.2, 0) is 0 Å². The fourth-order valence-corrected chi connectivity index (χ4v) is 4.31. The van der Waals surface area contributed by atoms with Gasteiger partial charge in [-0.2, -0.15) is 5.26 Å². The molecule has 2 aromatic carbocycles. The molecule has 0 saturated heterocycles. The number of aromatic nitrogens is 1. The van der Waals surface area contributed by atoms with Crippen LogP contribution in [0.25, 0.3) is 21.3 Å². The van der Waals surface area contributed by atoms with Crippen LogP contribution in [0.2, 0.25) is 0 Å². The number of non-ortho nitro benzene ring substituents is 1. The second kappa shape index (κ2) is 7.27. The number of rotatable bonds is 4. The summed E-state index contributed by atoms with van der Waals surface area (Å²) in [7, 11) is 0. The molecule has 9 heteroatoms. The first kappa shape index (κ1) is 19.0. The highest BCUT2D eigenvalue weighted by atomic mass is 32.1. The van der Waals surface area contributed by atoms with Gasteiger partial charge in [-0.05, 0) is 5.56 Å². The van der Waals surface area contributed by atoms with Crippen molar-refractivity contribution in [2.75, 3.05) is 11.5 Å². The molecule has 4 N–H and O–H groups in total. The van der Waals surface area contributed by atoms with E-state index in [2.05, 4.69) is 11.1 Å². The molecule has 0 amide bonds. The van der Waals surface area contributed by atoms with E-state index < -0.39 is 10.7 Å². The fourth-order valence-electron chi connectivity index (χ4n) is 3.24. The molecule has 4 aromatic rings. The van der Waals surface area contributed by atoms with E-state index in [1.165, 1.54) is 24.3 Å². The summed E-state index contributed by atoms with van der Waals surface area (Å²) in [5.41, 5.74) is 13.9. The van der Waals surface area contributed by atoms with E-state index in [9.17, 15) is 20.2 Å². The van der Waals surface area contributed by atoms with Crippen LogP contribution in [0.4, 0.5) is 17.2 Å². The number of hydrogen-bond donors (Lipinski definition) is 2. The van der Waals surface area contributed by atoms with Crippen LogP contribution < -0.4 is 11.5 Å². The Morgan fingerprint density at radius 2 is 1.87 bits per heavy atom. The predicted octanol–water partition coefficient (Wildman–Crippen LogP) is 4.14. The molecular weight excluding hydrogens is 402 g/mol. The van der Waals surface area contributed by atoms with Crippen LogP contribution in [0, 0.1) is 21.4 Å². The molecule has 0 radical (unpaired) electrons. The number of nitriles is 1. The summed E-state index contributed by atoms with van der Waals surface area (Å²) in [6.07, 6.45) is 0. The smallest absolute Gasteiger partial charge is 0.270 e. The van der Waals surface area contributed by atoms with E-state index in [0.717, 1.165) is 11.3 Å². The SMILES string of the molecule is N#Cc1c(N)nc2sc(C(=O)c3cccc([N+](=O)[O-])c3)c(N)c2c1-c1ccccc1. The van der Waals surface area contributed by atoms with E-state index in [1.54, 1.807) is 0 Å². The van der Waals surface area contributed by atoms with Gasteiger partial charge in [-0.1, -0.05) is 42.5 Å². The largest absolute Gasteiger partial charge is 0.397 e. The van der Waals surface area contributed by atoms with Crippen LogP contribution in [0.1, 0.15) is 20.8 Å². The Morgan fingerprint density at radius 1 is 1.13 bits per heavy atom. The molecule has 30 heavy (non-hydrogen) atoms. The number of nitrogen functional groups attached to an aromatic ring is 2. The predicted molar refractivity (Wildman–Crippen MR) is 115 cm³/mol. The molecule has 2 aromatic heterocycles. The molecule has 0 saturated carbocycles. The monoisotopic (exact) mass is 415 g/mol. The van der Waals surface area contributed by atoms with Crippen molar-refractivity contribution in [2.24, 2.45) is 0 Å². The number of carbonyl (C=O) groups excluding carboxylic acids is 1. The lowest BCUT2D eigenvalue weighted by Crippen LogP contribution is -2.03. The number of nitrogens with two attached hydrogens (primary N) is 2. The lowest BCUT2D eigenvalue weighted by atomic mass is 9.96. The van der Waals surface area contributed by atoms with E-state index in [4.69, 9.17) is 11.5 Å². The number of fused-ring (bicyclic) bond motifs is 1. The number of nitro benzene ring substituents is 1. The average molecular weight is 415 g/mol. The van der Waals surface area contributed by atoms with Crippen molar-refractivity contribution in [2.45, 2.75) is 0 Å². The van der Waals surface area contributed by atoms with Gasteiger partial charge in [-0.3, -0.25) is 14.9 Å². The number of nitrogens with zero attached hydrogens (tertiary/aromatic N) is 3. The van der Waals surface area contributed by atoms with Gasteiger partial charge >= 0.3 is 0 Å². The maximum atomic E-state index is 13.1. The Morgan fingerprint density at radius 3 is 2.53 bits per heavy atom. The highest BCUT2D eigenvalue weighted by Crippen LogP contribution is 2.43. The molecule has 2 heterocycles. The highest BCUT2D eigenvalue weighted by molar-refractivity contribution is 7.21. The van der Waals surface area contributed by atoms with E-state index in [0.29, 0.717) is 21.3 Å². The van der Waals surface area contributed by atoms with Gasteiger partial charge in [0.25, 0.3) is 5.69 Å². The average Bonchev–Trinajstić information content (AvgIpc) is 3.08. The number of hydrogen-bond acceptors (Lipinski definition) is 8.